The Morgan fingerprint density at radius 3 is 1.57 bits per heavy atom. The van der Waals surface area contributed by atoms with Crippen molar-refractivity contribution >= 4 is 30.9 Å². The van der Waals surface area contributed by atoms with Gasteiger partial charge in [0.2, 0.25) is 7.57 Å². The van der Waals surface area contributed by atoms with Gasteiger partial charge in [-0.25, -0.2) is 0 Å². The SMILES string of the molecule is BNP(B)(=O)NB. The van der Waals surface area contributed by atoms with Crippen molar-refractivity contribution in [1.29, 1.82) is 0 Å². The highest BCUT2D eigenvalue weighted by molar-refractivity contribution is 7.85. The third-order valence-electron chi connectivity index (χ3n) is 0.853. The molecule has 3 nitrogen and oxygen atoms in total. The zero-order chi connectivity index (χ0) is 5.91. The summed E-state index contributed by atoms with van der Waals surface area (Å²) in [5.74, 6) is 0. The van der Waals surface area contributed by atoms with Crippen molar-refractivity contribution in [3.63, 3.8) is 0 Å². The molecule has 0 bridgehead atoms. The molecule has 0 aromatic carbocycles. The average molecular weight is 115 g/mol. The molecule has 0 aliphatic heterocycles. The van der Waals surface area contributed by atoms with Crippen LogP contribution < -0.4 is 10.00 Å². The first kappa shape index (κ1) is 7.34. The largest absolute Gasteiger partial charge is 0.311 e. The van der Waals surface area contributed by atoms with E-state index < -0.39 is 7.32 Å². The lowest BCUT2D eigenvalue weighted by atomic mass is 10.5. The summed E-state index contributed by atoms with van der Waals surface area (Å²) in [6.45, 7) is 0. The van der Waals surface area contributed by atoms with Gasteiger partial charge in [-0.1, -0.05) is 0 Å². The van der Waals surface area contributed by atoms with Gasteiger partial charge in [0.05, 0.1) is 0 Å². The molecule has 0 aromatic heterocycles. The minimum atomic E-state index is -2.15. The van der Waals surface area contributed by atoms with E-state index in [1.54, 1.807) is 23.5 Å². The summed E-state index contributed by atoms with van der Waals surface area (Å²) in [6.07, 6.45) is 0. The van der Waals surface area contributed by atoms with Gasteiger partial charge in [0, 0.05) is 0 Å². The summed E-state index contributed by atoms with van der Waals surface area (Å²) < 4.78 is 10.7. The normalized spacial score (nSPS) is 11.4. The van der Waals surface area contributed by atoms with Crippen LogP contribution >= 0.6 is 7.32 Å². The van der Waals surface area contributed by atoms with Gasteiger partial charge >= 0.3 is 0 Å². The van der Waals surface area contributed by atoms with Gasteiger partial charge in [0.1, 0.15) is 7.32 Å². The Hall–Kier alpha value is 0.345. The molecule has 0 spiro atoms. The molecule has 0 radical (unpaired) electrons. The van der Waals surface area contributed by atoms with E-state index in [4.69, 9.17) is 0 Å². The van der Waals surface area contributed by atoms with Crippen molar-refractivity contribution < 1.29 is 4.57 Å². The van der Waals surface area contributed by atoms with Crippen molar-refractivity contribution in [2.24, 2.45) is 0 Å². The Kier molecular flexibility index (Phi) is 2.73. The lowest BCUT2D eigenvalue weighted by Crippen LogP contribution is -2.17. The van der Waals surface area contributed by atoms with Crippen LogP contribution in [0.3, 0.4) is 0 Å². The third-order valence-corrected chi connectivity index (χ3v) is 2.56. The molecule has 0 unspecified atom stereocenters. The summed E-state index contributed by atoms with van der Waals surface area (Å²) in [6, 6.07) is 0. The molecule has 0 aliphatic carbocycles. The maximum absolute atomic E-state index is 10.7. The van der Waals surface area contributed by atoms with E-state index in [2.05, 4.69) is 10.00 Å². The van der Waals surface area contributed by atoms with Gasteiger partial charge in [0.15, 0.2) is 16.0 Å². The van der Waals surface area contributed by atoms with Crippen molar-refractivity contribution in [3.8, 4) is 0 Å². The fourth-order valence-electron chi connectivity index (χ4n) is 0.112. The minimum Gasteiger partial charge on any atom is -0.311 e. The van der Waals surface area contributed by atoms with Crippen LogP contribution in [0.15, 0.2) is 0 Å². The standard InChI is InChI=1S/B3H8N2OP/c1-4-7(3,6)5-2/h1-3H2,(H2,4,5,6). The van der Waals surface area contributed by atoms with E-state index in [1.807, 2.05) is 0 Å². The van der Waals surface area contributed by atoms with Crippen molar-refractivity contribution in [1.82, 2.24) is 10.00 Å². The summed E-state index contributed by atoms with van der Waals surface area (Å²) in [7, 11) is 2.81. The smallest absolute Gasteiger partial charge is 0.217 e. The second kappa shape index (κ2) is 2.60. The number of hydrogen-bond acceptors (Lipinski definition) is 1. The van der Waals surface area contributed by atoms with Crippen molar-refractivity contribution in [2.45, 2.75) is 0 Å². The van der Waals surface area contributed by atoms with Gasteiger partial charge in [-0.3, -0.25) is 0 Å². The highest BCUT2D eigenvalue weighted by atomic mass is 31.2. The van der Waals surface area contributed by atoms with E-state index >= 15 is 0 Å². The molecule has 0 heterocycles. The Balaban J connectivity index is 3.61. The lowest BCUT2D eigenvalue weighted by Gasteiger charge is -2.08. The average Bonchev–Trinajstić information content (AvgIpc) is 1.68. The Morgan fingerprint density at radius 1 is 1.29 bits per heavy atom. The van der Waals surface area contributed by atoms with Crippen LogP contribution in [0.5, 0.6) is 0 Å². The van der Waals surface area contributed by atoms with Crippen molar-refractivity contribution in [2.75, 3.05) is 0 Å². The van der Waals surface area contributed by atoms with Gasteiger partial charge in [-0.05, 0) is 0 Å². The molecule has 7 heavy (non-hydrogen) atoms. The predicted molar refractivity (Wildman–Crippen MR) is 39.5 cm³/mol. The molecule has 2 N–H and O–H groups in total. The summed E-state index contributed by atoms with van der Waals surface area (Å²) in [5.41, 5.74) is 0. The van der Waals surface area contributed by atoms with Crippen molar-refractivity contribution in [3.05, 3.63) is 0 Å². The van der Waals surface area contributed by atoms with E-state index in [-0.39, 0.29) is 0 Å². The van der Waals surface area contributed by atoms with Gasteiger partial charge < -0.3 is 14.6 Å². The van der Waals surface area contributed by atoms with Crippen LogP contribution in [-0.2, 0) is 4.57 Å². The molecule has 0 amide bonds. The molecule has 7 heteroatoms. The summed E-state index contributed by atoms with van der Waals surface area (Å²) in [5, 5.41) is 0. The third kappa shape index (κ3) is 2.98. The number of rotatable bonds is 2. The second-order valence-corrected chi connectivity index (χ2v) is 4.11. The first-order valence-electron chi connectivity index (χ1n) is 2.08. The zero-order valence-electron chi connectivity index (χ0n) is 4.86. The molecule has 0 saturated heterocycles. The lowest BCUT2D eigenvalue weighted by molar-refractivity contribution is 0.581. The van der Waals surface area contributed by atoms with E-state index in [0.717, 1.165) is 0 Å². The topological polar surface area (TPSA) is 41.1 Å². The second-order valence-electron chi connectivity index (χ2n) is 1.37. The first-order chi connectivity index (χ1) is 3.12. The molecule has 0 atom stereocenters. The van der Waals surface area contributed by atoms with Gasteiger partial charge in [0.25, 0.3) is 0 Å². The first-order valence-corrected chi connectivity index (χ1v) is 4.23. The quantitative estimate of drug-likeness (QED) is 0.298. The van der Waals surface area contributed by atoms with Crippen LogP contribution in [0.25, 0.3) is 0 Å². The van der Waals surface area contributed by atoms with Crippen LogP contribution in [0.1, 0.15) is 0 Å². The number of nitrogens with one attached hydrogen (secondary N) is 2. The van der Waals surface area contributed by atoms with Crippen LogP contribution in [0.4, 0.5) is 0 Å². The molecule has 0 rings (SSSR count). The summed E-state index contributed by atoms with van der Waals surface area (Å²) in [4.78, 5) is 5.27. The highest BCUT2D eigenvalue weighted by Gasteiger charge is 2.03. The molecular formula is H8B3N2OP. The Morgan fingerprint density at radius 2 is 1.57 bits per heavy atom. The maximum Gasteiger partial charge on any atom is 0.217 e. The Bertz CT molecular complexity index is 84.9. The van der Waals surface area contributed by atoms with Crippen LogP contribution in [0, 0.1) is 0 Å². The monoisotopic (exact) mass is 116 g/mol. The van der Waals surface area contributed by atoms with Gasteiger partial charge in [-0.15, -0.1) is 0 Å². The van der Waals surface area contributed by atoms with E-state index in [1.165, 1.54) is 0 Å². The molecule has 0 saturated carbocycles. The molecular weight excluding hydrogens is 107 g/mol. The molecule has 38 valence electrons. The zero-order valence-corrected chi connectivity index (χ0v) is 5.75. The minimum absolute atomic E-state index is 1.63. The van der Waals surface area contributed by atoms with Gasteiger partial charge in [-0.2, -0.15) is 0 Å². The van der Waals surface area contributed by atoms with Crippen LogP contribution in [-0.4, -0.2) is 23.5 Å². The maximum atomic E-state index is 10.7. The van der Waals surface area contributed by atoms with E-state index in [0.29, 0.717) is 0 Å². The number of hydrogen-bond donors (Lipinski definition) is 2. The Labute approximate surface area is 46.3 Å². The fourth-order valence-corrected chi connectivity index (χ4v) is 0.335. The van der Waals surface area contributed by atoms with E-state index in [9.17, 15) is 4.57 Å². The highest BCUT2D eigenvalue weighted by Crippen LogP contribution is 2.24. The summed E-state index contributed by atoms with van der Waals surface area (Å²) >= 11 is 0. The predicted octanol–water partition coefficient (Wildman–Crippen LogP) is -3.00. The molecule has 0 fully saturated rings. The fraction of sp³-hybridized carbons (Fsp3) is 0. The molecule has 0 aromatic rings. The molecule has 0 aliphatic rings. The van der Waals surface area contributed by atoms with Crippen LogP contribution in [0.2, 0.25) is 0 Å².